The van der Waals surface area contributed by atoms with Crippen LogP contribution < -0.4 is 0 Å². The summed E-state index contributed by atoms with van der Waals surface area (Å²) in [6, 6.07) is 36.0. The molecule has 130 valence electrons. The van der Waals surface area contributed by atoms with Gasteiger partial charge in [-0.15, -0.1) is 35.1 Å². The molecule has 0 bridgehead atoms. The van der Waals surface area contributed by atoms with Crippen molar-refractivity contribution in [3.8, 4) is 23.7 Å². The van der Waals surface area contributed by atoms with E-state index in [4.69, 9.17) is 0 Å². The van der Waals surface area contributed by atoms with Crippen molar-refractivity contribution < 1.29 is 17.1 Å². The van der Waals surface area contributed by atoms with E-state index >= 15 is 0 Å². The summed E-state index contributed by atoms with van der Waals surface area (Å²) >= 11 is 0. The second-order valence-corrected chi connectivity index (χ2v) is 5.58. The fourth-order valence-corrected chi connectivity index (χ4v) is 2.25. The van der Waals surface area contributed by atoms with E-state index in [2.05, 4.69) is 23.7 Å². The number of benzene rings is 2. The molecule has 0 spiro atoms. The SMILES string of the molecule is C(#Cc1ccc[cH-]1)c1ccccc1.C(#Cc1ccc[cH-]1)c1ccccc1.[Fe+2]. The minimum absolute atomic E-state index is 0. The zero-order chi connectivity index (χ0) is 17.9. The van der Waals surface area contributed by atoms with Crippen LogP contribution in [-0.4, -0.2) is 0 Å². The molecule has 0 fully saturated rings. The maximum atomic E-state index is 3.10. The van der Waals surface area contributed by atoms with Gasteiger partial charge >= 0.3 is 17.1 Å². The van der Waals surface area contributed by atoms with Gasteiger partial charge in [0.15, 0.2) is 0 Å². The first-order chi connectivity index (χ1) is 12.9. The summed E-state index contributed by atoms with van der Waals surface area (Å²) in [4.78, 5) is 0. The third-order valence-corrected chi connectivity index (χ3v) is 3.58. The quantitative estimate of drug-likeness (QED) is 0.209. The Morgan fingerprint density at radius 3 is 1.19 bits per heavy atom. The van der Waals surface area contributed by atoms with E-state index in [1.807, 2.05) is 109 Å². The molecule has 4 aromatic rings. The fraction of sp³-hybridized carbons (Fsp3) is 0. The normalized spacial score (nSPS) is 8.59. The summed E-state index contributed by atoms with van der Waals surface area (Å²) in [5.74, 6) is 12.4. The predicted molar refractivity (Wildman–Crippen MR) is 109 cm³/mol. The van der Waals surface area contributed by atoms with Crippen molar-refractivity contribution in [2.75, 3.05) is 0 Å². The molecule has 0 saturated heterocycles. The Morgan fingerprint density at radius 1 is 0.444 bits per heavy atom. The summed E-state index contributed by atoms with van der Waals surface area (Å²) in [6.07, 6.45) is 0. The van der Waals surface area contributed by atoms with Gasteiger partial charge in [0.25, 0.3) is 0 Å². The molecule has 4 rings (SSSR count). The Morgan fingerprint density at radius 2 is 0.852 bits per heavy atom. The van der Waals surface area contributed by atoms with Gasteiger partial charge in [0.1, 0.15) is 0 Å². The van der Waals surface area contributed by atoms with Crippen LogP contribution in [0.3, 0.4) is 0 Å². The van der Waals surface area contributed by atoms with Crippen molar-refractivity contribution in [2.24, 2.45) is 0 Å². The first-order valence-electron chi connectivity index (χ1n) is 8.48. The molecule has 0 aliphatic carbocycles. The maximum absolute atomic E-state index is 3.10. The van der Waals surface area contributed by atoms with Crippen LogP contribution in [0.2, 0.25) is 0 Å². The van der Waals surface area contributed by atoms with E-state index in [0.29, 0.717) is 0 Å². The average Bonchev–Trinajstić information content (AvgIpc) is 3.41. The second-order valence-electron chi connectivity index (χ2n) is 5.58. The van der Waals surface area contributed by atoms with Crippen molar-refractivity contribution in [3.05, 3.63) is 131 Å². The molecule has 0 aliphatic heterocycles. The minimum Gasteiger partial charge on any atom is -0.187 e. The van der Waals surface area contributed by atoms with Crippen molar-refractivity contribution in [1.29, 1.82) is 0 Å². The Bertz CT molecular complexity index is 914. The molecule has 0 heterocycles. The van der Waals surface area contributed by atoms with Crippen molar-refractivity contribution in [1.82, 2.24) is 0 Å². The van der Waals surface area contributed by atoms with Crippen LogP contribution in [0.1, 0.15) is 22.3 Å². The van der Waals surface area contributed by atoms with Crippen molar-refractivity contribution in [2.45, 2.75) is 0 Å². The number of hydrogen-bond acceptors (Lipinski definition) is 0. The Balaban J connectivity index is 0.000000187. The molecule has 1 heteroatoms. The van der Waals surface area contributed by atoms with Gasteiger partial charge in [-0.2, -0.15) is 48.2 Å². The van der Waals surface area contributed by atoms with Crippen LogP contribution in [0.25, 0.3) is 0 Å². The zero-order valence-corrected chi connectivity index (χ0v) is 15.9. The first-order valence-corrected chi connectivity index (χ1v) is 8.48. The molecule has 27 heavy (non-hydrogen) atoms. The topological polar surface area (TPSA) is 0 Å². The summed E-state index contributed by atoms with van der Waals surface area (Å²) in [6.45, 7) is 0. The van der Waals surface area contributed by atoms with Gasteiger partial charge in [0, 0.05) is 11.1 Å². The van der Waals surface area contributed by atoms with Gasteiger partial charge in [0.2, 0.25) is 0 Å². The van der Waals surface area contributed by atoms with Crippen LogP contribution in [0, 0.1) is 23.7 Å². The number of rotatable bonds is 0. The van der Waals surface area contributed by atoms with Gasteiger partial charge in [0.05, 0.1) is 0 Å². The summed E-state index contributed by atoms with van der Waals surface area (Å²) in [7, 11) is 0. The Hall–Kier alpha value is -3.22. The molecular weight excluding hydrogens is 368 g/mol. The molecule has 0 amide bonds. The molecule has 0 nitrogen and oxygen atoms in total. The van der Waals surface area contributed by atoms with E-state index in [1.54, 1.807) is 0 Å². The van der Waals surface area contributed by atoms with E-state index < -0.39 is 0 Å². The third-order valence-electron chi connectivity index (χ3n) is 3.58. The summed E-state index contributed by atoms with van der Waals surface area (Å²) in [5, 5.41) is 0. The molecule has 0 aromatic heterocycles. The summed E-state index contributed by atoms with van der Waals surface area (Å²) < 4.78 is 0. The standard InChI is InChI=1S/2C13H9.Fe/c2*1-2-6-12(7-3-1)10-11-13-8-4-5-9-13;/h2*1-9H;/q2*-1;+2. The maximum Gasteiger partial charge on any atom is 2.00 e. The number of hydrogen-bond donors (Lipinski definition) is 0. The molecule has 0 unspecified atom stereocenters. The van der Waals surface area contributed by atoms with Crippen LogP contribution in [-0.2, 0) is 17.1 Å². The largest absolute Gasteiger partial charge is 2.00 e. The van der Waals surface area contributed by atoms with Crippen molar-refractivity contribution in [3.63, 3.8) is 0 Å². The molecule has 0 aliphatic rings. The van der Waals surface area contributed by atoms with E-state index in [-0.39, 0.29) is 17.1 Å². The molecular formula is C26H18Fe. The van der Waals surface area contributed by atoms with Crippen LogP contribution in [0.15, 0.2) is 109 Å². The molecule has 4 aromatic carbocycles. The van der Waals surface area contributed by atoms with Gasteiger partial charge in [-0.05, 0) is 24.3 Å². The van der Waals surface area contributed by atoms with Crippen LogP contribution in [0.4, 0.5) is 0 Å². The predicted octanol–water partition coefficient (Wildman–Crippen LogP) is 5.61. The molecule has 0 N–H and O–H groups in total. The average molecular weight is 386 g/mol. The van der Waals surface area contributed by atoms with Crippen molar-refractivity contribution >= 4 is 0 Å². The van der Waals surface area contributed by atoms with E-state index in [9.17, 15) is 0 Å². The fourth-order valence-electron chi connectivity index (χ4n) is 2.25. The van der Waals surface area contributed by atoms with Gasteiger partial charge in [-0.3, -0.25) is 0 Å². The molecule has 0 saturated carbocycles. The monoisotopic (exact) mass is 386 g/mol. The molecule has 0 radical (unpaired) electrons. The van der Waals surface area contributed by atoms with Gasteiger partial charge in [-0.1, -0.05) is 36.4 Å². The Labute approximate surface area is 172 Å². The van der Waals surface area contributed by atoms with Crippen LogP contribution >= 0.6 is 0 Å². The first kappa shape index (κ1) is 20.1. The van der Waals surface area contributed by atoms with Gasteiger partial charge in [-0.25, -0.2) is 0 Å². The summed E-state index contributed by atoms with van der Waals surface area (Å²) in [5.41, 5.74) is 4.26. The smallest absolute Gasteiger partial charge is 0.187 e. The minimum atomic E-state index is 0. The Kier molecular flexibility index (Phi) is 8.49. The van der Waals surface area contributed by atoms with Crippen LogP contribution in [0.5, 0.6) is 0 Å². The third kappa shape index (κ3) is 7.27. The van der Waals surface area contributed by atoms with Gasteiger partial charge < -0.3 is 0 Å². The zero-order valence-electron chi connectivity index (χ0n) is 14.7. The molecule has 0 atom stereocenters. The second kappa shape index (κ2) is 11.4. The van der Waals surface area contributed by atoms with E-state index in [0.717, 1.165) is 22.3 Å². The van der Waals surface area contributed by atoms with E-state index in [1.165, 1.54) is 0 Å².